The highest BCUT2D eigenvalue weighted by Crippen LogP contribution is 2.22. The largest absolute Gasteiger partial charge is 0.378 e. The summed E-state index contributed by atoms with van der Waals surface area (Å²) in [6.45, 7) is 7.41. The molecule has 0 aromatic carbocycles. The molecule has 17 heavy (non-hydrogen) atoms. The predicted molar refractivity (Wildman–Crippen MR) is 69.9 cm³/mol. The minimum atomic E-state index is -3.21. The summed E-state index contributed by atoms with van der Waals surface area (Å²) in [4.78, 5) is 0. The highest BCUT2D eigenvalue weighted by molar-refractivity contribution is 7.89. The van der Waals surface area contributed by atoms with Gasteiger partial charge in [-0.25, -0.2) is 8.42 Å². The maximum atomic E-state index is 12.2. The van der Waals surface area contributed by atoms with E-state index in [0.29, 0.717) is 26.2 Å². The van der Waals surface area contributed by atoms with Gasteiger partial charge in [-0.15, -0.1) is 11.6 Å². The Balaban J connectivity index is 2.68. The van der Waals surface area contributed by atoms with Crippen LogP contribution in [-0.4, -0.2) is 50.2 Å². The fourth-order valence-electron chi connectivity index (χ4n) is 1.68. The summed E-state index contributed by atoms with van der Waals surface area (Å²) >= 11 is 5.79. The first-order valence-electron chi connectivity index (χ1n) is 5.89. The first-order valence-corrected chi connectivity index (χ1v) is 8.04. The maximum Gasteiger partial charge on any atom is 0.214 e. The van der Waals surface area contributed by atoms with E-state index in [1.165, 1.54) is 4.31 Å². The van der Waals surface area contributed by atoms with Gasteiger partial charge in [0.15, 0.2) is 0 Å². The van der Waals surface area contributed by atoms with Crippen LogP contribution in [0.15, 0.2) is 0 Å². The molecule has 0 bridgehead atoms. The summed E-state index contributed by atoms with van der Waals surface area (Å²) in [5.74, 6) is 0.471. The summed E-state index contributed by atoms with van der Waals surface area (Å²) in [5, 5.41) is 0. The lowest BCUT2D eigenvalue weighted by atomic mass is 9.94. The van der Waals surface area contributed by atoms with Crippen LogP contribution in [0.25, 0.3) is 0 Å². The van der Waals surface area contributed by atoms with Crippen molar-refractivity contribution in [3.63, 3.8) is 0 Å². The molecule has 1 atom stereocenters. The molecule has 6 heteroatoms. The molecule has 0 amide bonds. The number of halogens is 1. The standard InChI is InChI=1S/C11H22ClNO3S/c1-11(2,3)4-7-17(14,15)13-5-6-16-9-10(13)8-12/h10H,4-9H2,1-3H3. The summed E-state index contributed by atoms with van der Waals surface area (Å²) in [5.41, 5.74) is 0.0236. The SMILES string of the molecule is CC(C)(C)CCS(=O)(=O)N1CCOCC1CCl. The van der Waals surface area contributed by atoms with Crippen molar-refractivity contribution in [3.8, 4) is 0 Å². The van der Waals surface area contributed by atoms with E-state index in [1.807, 2.05) is 20.8 Å². The van der Waals surface area contributed by atoms with Crippen LogP contribution >= 0.6 is 11.6 Å². The molecule has 1 saturated heterocycles. The van der Waals surface area contributed by atoms with Gasteiger partial charge >= 0.3 is 0 Å². The fraction of sp³-hybridized carbons (Fsp3) is 1.00. The zero-order chi connectivity index (χ0) is 13.1. The third-order valence-corrected chi connectivity index (χ3v) is 5.09. The molecule has 0 aromatic heterocycles. The Kier molecular flexibility index (Phi) is 5.25. The van der Waals surface area contributed by atoms with Crippen molar-refractivity contribution in [2.24, 2.45) is 5.41 Å². The van der Waals surface area contributed by atoms with E-state index in [-0.39, 0.29) is 23.1 Å². The lowest BCUT2D eigenvalue weighted by molar-refractivity contribution is 0.0403. The molecule has 0 spiro atoms. The van der Waals surface area contributed by atoms with E-state index in [1.54, 1.807) is 0 Å². The van der Waals surface area contributed by atoms with Crippen molar-refractivity contribution in [1.29, 1.82) is 0 Å². The van der Waals surface area contributed by atoms with Gasteiger partial charge in [-0.1, -0.05) is 20.8 Å². The van der Waals surface area contributed by atoms with Crippen LogP contribution in [0.4, 0.5) is 0 Å². The van der Waals surface area contributed by atoms with E-state index in [4.69, 9.17) is 16.3 Å². The van der Waals surface area contributed by atoms with Crippen molar-refractivity contribution in [3.05, 3.63) is 0 Å². The summed E-state index contributed by atoms with van der Waals surface area (Å²) < 4.78 is 31.2. The van der Waals surface area contributed by atoms with Crippen molar-refractivity contribution in [1.82, 2.24) is 4.31 Å². The third kappa shape index (κ3) is 4.73. The molecular formula is C11H22ClNO3S. The predicted octanol–water partition coefficient (Wildman–Crippen LogP) is 1.69. The first-order chi connectivity index (χ1) is 7.76. The van der Waals surface area contributed by atoms with Gasteiger partial charge in [0.2, 0.25) is 10.0 Å². The Hall–Kier alpha value is 0.160. The molecule has 4 nitrogen and oxygen atoms in total. The molecule has 1 aliphatic rings. The number of hydrogen-bond acceptors (Lipinski definition) is 3. The Morgan fingerprint density at radius 2 is 2.06 bits per heavy atom. The molecular weight excluding hydrogens is 262 g/mol. The van der Waals surface area contributed by atoms with Crippen LogP contribution < -0.4 is 0 Å². The van der Waals surface area contributed by atoms with Gasteiger partial charge in [-0.05, 0) is 11.8 Å². The van der Waals surface area contributed by atoms with Crippen molar-refractivity contribution >= 4 is 21.6 Å². The van der Waals surface area contributed by atoms with Crippen LogP contribution in [0.3, 0.4) is 0 Å². The number of alkyl halides is 1. The van der Waals surface area contributed by atoms with E-state index in [0.717, 1.165) is 0 Å². The Bertz CT molecular complexity index is 337. The van der Waals surface area contributed by atoms with Crippen LogP contribution in [0, 0.1) is 5.41 Å². The quantitative estimate of drug-likeness (QED) is 0.738. The number of hydrogen-bond donors (Lipinski definition) is 0. The van der Waals surface area contributed by atoms with E-state index < -0.39 is 10.0 Å². The second-order valence-electron chi connectivity index (χ2n) is 5.62. The second kappa shape index (κ2) is 5.87. The molecule has 1 rings (SSSR count). The number of ether oxygens (including phenoxy) is 1. The van der Waals surface area contributed by atoms with Crippen molar-refractivity contribution in [2.45, 2.75) is 33.2 Å². The van der Waals surface area contributed by atoms with Crippen molar-refractivity contribution in [2.75, 3.05) is 31.4 Å². The number of morpholine rings is 1. The minimum absolute atomic E-state index is 0.0236. The molecule has 0 radical (unpaired) electrons. The number of sulfonamides is 1. The van der Waals surface area contributed by atoms with Crippen molar-refractivity contribution < 1.29 is 13.2 Å². The maximum absolute atomic E-state index is 12.2. The first kappa shape index (κ1) is 15.2. The van der Waals surface area contributed by atoms with Crippen LogP contribution in [0.5, 0.6) is 0 Å². The lowest BCUT2D eigenvalue weighted by Gasteiger charge is -2.34. The van der Waals surface area contributed by atoms with Gasteiger partial charge < -0.3 is 4.74 Å². The molecule has 1 fully saturated rings. The molecule has 102 valence electrons. The molecule has 0 aromatic rings. The van der Waals surface area contributed by atoms with E-state index in [2.05, 4.69) is 0 Å². The Morgan fingerprint density at radius 1 is 1.41 bits per heavy atom. The highest BCUT2D eigenvalue weighted by Gasteiger charge is 2.32. The average Bonchev–Trinajstić information content (AvgIpc) is 2.26. The topological polar surface area (TPSA) is 46.6 Å². The minimum Gasteiger partial charge on any atom is -0.378 e. The molecule has 0 saturated carbocycles. The van der Waals surface area contributed by atoms with Gasteiger partial charge in [0.1, 0.15) is 0 Å². The van der Waals surface area contributed by atoms with Gasteiger partial charge in [-0.3, -0.25) is 0 Å². The average molecular weight is 284 g/mol. The highest BCUT2D eigenvalue weighted by atomic mass is 35.5. The second-order valence-corrected chi connectivity index (χ2v) is 7.97. The summed E-state index contributed by atoms with van der Waals surface area (Å²) in [6, 6.07) is -0.213. The van der Waals surface area contributed by atoms with Crippen LogP contribution in [-0.2, 0) is 14.8 Å². The Morgan fingerprint density at radius 3 is 2.59 bits per heavy atom. The molecule has 1 aliphatic heterocycles. The van der Waals surface area contributed by atoms with E-state index >= 15 is 0 Å². The van der Waals surface area contributed by atoms with Crippen LogP contribution in [0.2, 0.25) is 0 Å². The van der Waals surface area contributed by atoms with Gasteiger partial charge in [0, 0.05) is 12.4 Å². The van der Waals surface area contributed by atoms with Gasteiger partial charge in [0.25, 0.3) is 0 Å². The van der Waals surface area contributed by atoms with Crippen LogP contribution in [0.1, 0.15) is 27.2 Å². The fourth-order valence-corrected chi connectivity index (χ4v) is 4.06. The summed E-state index contributed by atoms with van der Waals surface area (Å²) in [7, 11) is -3.21. The summed E-state index contributed by atoms with van der Waals surface area (Å²) in [6.07, 6.45) is 0.654. The molecule has 1 unspecified atom stereocenters. The zero-order valence-electron chi connectivity index (χ0n) is 10.8. The third-order valence-electron chi connectivity index (χ3n) is 2.82. The lowest BCUT2D eigenvalue weighted by Crippen LogP contribution is -2.50. The molecule has 0 aliphatic carbocycles. The molecule has 0 N–H and O–H groups in total. The number of nitrogens with zero attached hydrogens (tertiary/aromatic N) is 1. The van der Waals surface area contributed by atoms with Gasteiger partial charge in [-0.2, -0.15) is 4.31 Å². The normalized spacial score (nSPS) is 23.9. The Labute approximate surface area is 109 Å². The number of rotatable bonds is 4. The van der Waals surface area contributed by atoms with Gasteiger partial charge in [0.05, 0.1) is 25.0 Å². The monoisotopic (exact) mass is 283 g/mol. The molecule has 1 heterocycles. The smallest absolute Gasteiger partial charge is 0.214 e. The van der Waals surface area contributed by atoms with E-state index in [9.17, 15) is 8.42 Å². The zero-order valence-corrected chi connectivity index (χ0v) is 12.4.